The molecule has 0 saturated heterocycles. The molecule has 3 rings (SSSR count). The summed E-state index contributed by atoms with van der Waals surface area (Å²) in [6.45, 7) is 0. The highest BCUT2D eigenvalue weighted by atomic mass is 35.5. The van der Waals surface area contributed by atoms with Crippen LogP contribution >= 0.6 is 34.5 Å². The number of carbonyl (C=O) groups is 2. The van der Waals surface area contributed by atoms with Gasteiger partial charge in [-0.1, -0.05) is 23.2 Å². The summed E-state index contributed by atoms with van der Waals surface area (Å²) in [6, 6.07) is 11.4. The second-order valence-electron chi connectivity index (χ2n) is 5.06. The fourth-order valence-corrected chi connectivity index (χ4v) is 3.47. The van der Waals surface area contributed by atoms with Crippen LogP contribution in [-0.2, 0) is 0 Å². The molecule has 2 aromatic carbocycles. The van der Waals surface area contributed by atoms with Gasteiger partial charge in [0.15, 0.2) is 0 Å². The quantitative estimate of drug-likeness (QED) is 0.687. The first-order valence-corrected chi connectivity index (χ1v) is 8.70. The molecular weight excluding hydrogens is 381 g/mol. The van der Waals surface area contributed by atoms with Gasteiger partial charge in [0.2, 0.25) is 5.91 Å². The van der Waals surface area contributed by atoms with Gasteiger partial charge in [0.25, 0.3) is 5.91 Å². The van der Waals surface area contributed by atoms with Crippen LogP contribution in [0.2, 0.25) is 10.0 Å². The Morgan fingerprint density at radius 3 is 2.44 bits per heavy atom. The lowest BCUT2D eigenvalue weighted by molar-refractivity contribution is 0.0998. The summed E-state index contributed by atoms with van der Waals surface area (Å²) in [5.41, 5.74) is 7.06. The average Bonchev–Trinajstić information content (AvgIpc) is 3.05. The predicted molar refractivity (Wildman–Crippen MR) is 100 cm³/mol. The summed E-state index contributed by atoms with van der Waals surface area (Å²) in [6.07, 6.45) is 0. The number of thiazole rings is 1. The summed E-state index contributed by atoms with van der Waals surface area (Å²) in [5.74, 6) is -0.888. The largest absolute Gasteiger partial charge is 0.366 e. The molecular formula is C17H11Cl2N3O2S. The molecule has 0 aliphatic rings. The van der Waals surface area contributed by atoms with Gasteiger partial charge in [0.1, 0.15) is 10.7 Å². The number of nitrogens with two attached hydrogens (primary N) is 1. The number of halogens is 2. The van der Waals surface area contributed by atoms with Crippen LogP contribution in [0.4, 0.5) is 5.69 Å². The van der Waals surface area contributed by atoms with Crippen molar-refractivity contribution in [2.45, 2.75) is 0 Å². The van der Waals surface area contributed by atoms with Crippen LogP contribution in [0, 0.1) is 0 Å². The van der Waals surface area contributed by atoms with Crippen molar-refractivity contribution in [2.24, 2.45) is 5.73 Å². The lowest BCUT2D eigenvalue weighted by Gasteiger charge is -2.04. The first-order chi connectivity index (χ1) is 11.9. The Bertz CT molecular complexity index is 955. The van der Waals surface area contributed by atoms with Gasteiger partial charge >= 0.3 is 0 Å². The van der Waals surface area contributed by atoms with Gasteiger partial charge in [-0.3, -0.25) is 9.59 Å². The van der Waals surface area contributed by atoms with E-state index in [0.717, 1.165) is 0 Å². The number of nitrogens with zero attached hydrogens (tertiary/aromatic N) is 1. The second-order valence-corrected chi connectivity index (χ2v) is 6.76. The predicted octanol–water partition coefficient (Wildman–Crippen LogP) is 4.47. The van der Waals surface area contributed by atoms with E-state index in [0.29, 0.717) is 31.9 Å². The van der Waals surface area contributed by atoms with Crippen LogP contribution in [-0.4, -0.2) is 16.8 Å². The lowest BCUT2D eigenvalue weighted by Crippen LogP contribution is -2.13. The number of hydrogen-bond acceptors (Lipinski definition) is 4. The summed E-state index contributed by atoms with van der Waals surface area (Å²) in [7, 11) is 0. The Balaban J connectivity index is 1.77. The maximum atomic E-state index is 12.3. The fraction of sp³-hybridized carbons (Fsp3) is 0. The first-order valence-electron chi connectivity index (χ1n) is 7.06. The number of nitrogens with one attached hydrogen (secondary N) is 1. The van der Waals surface area contributed by atoms with E-state index in [2.05, 4.69) is 10.3 Å². The number of benzene rings is 2. The minimum absolute atomic E-state index is 0.269. The Morgan fingerprint density at radius 2 is 1.80 bits per heavy atom. The van der Waals surface area contributed by atoms with Gasteiger partial charge < -0.3 is 11.1 Å². The van der Waals surface area contributed by atoms with Crippen molar-refractivity contribution in [3.8, 4) is 10.6 Å². The van der Waals surface area contributed by atoms with Crippen molar-refractivity contribution in [1.82, 2.24) is 4.98 Å². The van der Waals surface area contributed by atoms with E-state index in [1.807, 2.05) is 0 Å². The van der Waals surface area contributed by atoms with Crippen LogP contribution in [0.1, 0.15) is 20.8 Å². The average molecular weight is 392 g/mol. The van der Waals surface area contributed by atoms with Crippen molar-refractivity contribution < 1.29 is 9.59 Å². The number of hydrogen-bond donors (Lipinski definition) is 2. The SMILES string of the molecule is NC(=O)c1ccc(NC(=O)c2csc(-c3ccc(Cl)cc3Cl)n2)cc1. The molecule has 0 bridgehead atoms. The molecule has 0 aliphatic heterocycles. The third-order valence-electron chi connectivity index (χ3n) is 3.33. The van der Waals surface area contributed by atoms with Crippen molar-refractivity contribution in [1.29, 1.82) is 0 Å². The van der Waals surface area contributed by atoms with E-state index in [1.54, 1.807) is 35.7 Å². The van der Waals surface area contributed by atoms with E-state index in [4.69, 9.17) is 28.9 Å². The van der Waals surface area contributed by atoms with E-state index in [1.165, 1.54) is 23.5 Å². The molecule has 3 N–H and O–H groups in total. The Kier molecular flexibility index (Phi) is 5.03. The molecule has 5 nitrogen and oxygen atoms in total. The zero-order chi connectivity index (χ0) is 18.0. The molecule has 0 aliphatic carbocycles. The van der Waals surface area contributed by atoms with E-state index >= 15 is 0 Å². The summed E-state index contributed by atoms with van der Waals surface area (Å²) in [4.78, 5) is 27.7. The Hall–Kier alpha value is -2.41. The molecule has 1 heterocycles. The summed E-state index contributed by atoms with van der Waals surface area (Å²) in [5, 5.41) is 5.98. The number of carbonyl (C=O) groups excluding carboxylic acids is 2. The van der Waals surface area contributed by atoms with Gasteiger partial charge in [-0.2, -0.15) is 0 Å². The molecule has 0 atom stereocenters. The Morgan fingerprint density at radius 1 is 1.08 bits per heavy atom. The van der Waals surface area contributed by atoms with E-state index < -0.39 is 5.91 Å². The topological polar surface area (TPSA) is 85.1 Å². The van der Waals surface area contributed by atoms with Crippen LogP contribution in [0.3, 0.4) is 0 Å². The summed E-state index contributed by atoms with van der Waals surface area (Å²) < 4.78 is 0. The van der Waals surface area contributed by atoms with Crippen LogP contribution in [0.15, 0.2) is 47.8 Å². The maximum absolute atomic E-state index is 12.3. The smallest absolute Gasteiger partial charge is 0.275 e. The highest BCUT2D eigenvalue weighted by Crippen LogP contribution is 2.32. The third kappa shape index (κ3) is 3.99. The number of primary amides is 1. The van der Waals surface area contributed by atoms with Crippen molar-refractivity contribution in [3.63, 3.8) is 0 Å². The standard InChI is InChI=1S/C17H11Cl2N3O2S/c18-10-3-6-12(13(19)7-10)17-22-14(8-25-17)16(24)21-11-4-1-9(2-5-11)15(20)23/h1-8H,(H2,20,23)(H,21,24). The molecule has 8 heteroatoms. The minimum atomic E-state index is -0.526. The highest BCUT2D eigenvalue weighted by Gasteiger charge is 2.14. The van der Waals surface area contributed by atoms with Crippen LogP contribution < -0.4 is 11.1 Å². The molecule has 0 saturated carbocycles. The highest BCUT2D eigenvalue weighted by molar-refractivity contribution is 7.13. The van der Waals surface area contributed by atoms with Gasteiger partial charge in [-0.25, -0.2) is 4.98 Å². The molecule has 0 unspecified atom stereocenters. The normalized spacial score (nSPS) is 10.5. The van der Waals surface area contributed by atoms with Gasteiger partial charge in [0.05, 0.1) is 5.02 Å². The molecule has 25 heavy (non-hydrogen) atoms. The number of anilines is 1. The molecule has 3 aromatic rings. The van der Waals surface area contributed by atoms with E-state index in [9.17, 15) is 9.59 Å². The lowest BCUT2D eigenvalue weighted by atomic mass is 10.2. The first kappa shape index (κ1) is 17.4. The van der Waals surface area contributed by atoms with Gasteiger partial charge in [-0.05, 0) is 42.5 Å². The third-order valence-corrected chi connectivity index (χ3v) is 4.75. The van der Waals surface area contributed by atoms with Gasteiger partial charge in [-0.15, -0.1) is 11.3 Å². The molecule has 126 valence electrons. The van der Waals surface area contributed by atoms with E-state index in [-0.39, 0.29) is 11.6 Å². The maximum Gasteiger partial charge on any atom is 0.275 e. The monoisotopic (exact) mass is 391 g/mol. The Labute approximate surface area is 157 Å². The van der Waals surface area contributed by atoms with Crippen molar-refractivity contribution in [2.75, 3.05) is 5.32 Å². The zero-order valence-corrected chi connectivity index (χ0v) is 15.0. The van der Waals surface area contributed by atoms with Crippen LogP contribution in [0.5, 0.6) is 0 Å². The second kappa shape index (κ2) is 7.23. The van der Waals surface area contributed by atoms with Crippen LogP contribution in [0.25, 0.3) is 10.6 Å². The molecule has 0 radical (unpaired) electrons. The molecule has 1 aromatic heterocycles. The molecule has 0 spiro atoms. The molecule has 0 fully saturated rings. The molecule has 2 amide bonds. The number of aromatic nitrogens is 1. The van der Waals surface area contributed by atoms with Gasteiger partial charge in [0, 0.05) is 27.2 Å². The van der Waals surface area contributed by atoms with Crippen molar-refractivity contribution >= 4 is 52.0 Å². The number of rotatable bonds is 4. The minimum Gasteiger partial charge on any atom is -0.366 e. The zero-order valence-electron chi connectivity index (χ0n) is 12.6. The fourth-order valence-electron chi connectivity index (χ4n) is 2.08. The number of amides is 2. The van der Waals surface area contributed by atoms with Crippen molar-refractivity contribution in [3.05, 3.63) is 69.1 Å². The summed E-state index contributed by atoms with van der Waals surface area (Å²) >= 11 is 13.4.